The standard InChI is InChI=1S/C14H25BrN2O/c1-3-5-6-7-8-9-13(18)14-12(15)11-16-17(14)10-4-2/h11,13,18H,3-10H2,1-2H3. The van der Waals surface area contributed by atoms with Crippen molar-refractivity contribution < 1.29 is 5.11 Å². The Hall–Kier alpha value is -0.350. The summed E-state index contributed by atoms with van der Waals surface area (Å²) in [7, 11) is 0. The molecule has 0 bridgehead atoms. The van der Waals surface area contributed by atoms with Gasteiger partial charge in [-0.1, -0.05) is 46.0 Å². The summed E-state index contributed by atoms with van der Waals surface area (Å²) in [4.78, 5) is 0. The molecule has 0 aliphatic heterocycles. The van der Waals surface area contributed by atoms with E-state index in [1.807, 2.05) is 4.68 Å². The van der Waals surface area contributed by atoms with E-state index >= 15 is 0 Å². The fourth-order valence-corrected chi connectivity index (χ4v) is 2.73. The molecule has 4 heteroatoms. The monoisotopic (exact) mass is 316 g/mol. The maximum Gasteiger partial charge on any atom is 0.0968 e. The maximum absolute atomic E-state index is 10.3. The molecule has 18 heavy (non-hydrogen) atoms. The average molecular weight is 317 g/mol. The Labute approximate surface area is 119 Å². The van der Waals surface area contributed by atoms with Crippen LogP contribution in [0.5, 0.6) is 0 Å². The van der Waals surface area contributed by atoms with Crippen molar-refractivity contribution in [3.8, 4) is 0 Å². The lowest BCUT2D eigenvalue weighted by Crippen LogP contribution is -2.09. The van der Waals surface area contributed by atoms with Gasteiger partial charge < -0.3 is 5.11 Å². The lowest BCUT2D eigenvalue weighted by molar-refractivity contribution is 0.151. The second-order valence-electron chi connectivity index (χ2n) is 4.82. The Morgan fingerprint density at radius 1 is 1.22 bits per heavy atom. The van der Waals surface area contributed by atoms with Gasteiger partial charge in [-0.3, -0.25) is 4.68 Å². The molecule has 0 amide bonds. The molecule has 0 aliphatic carbocycles. The first kappa shape index (κ1) is 15.7. The zero-order valence-corrected chi connectivity index (χ0v) is 13.1. The predicted molar refractivity (Wildman–Crippen MR) is 78.6 cm³/mol. The summed E-state index contributed by atoms with van der Waals surface area (Å²) in [6, 6.07) is 0. The van der Waals surface area contributed by atoms with Crippen LogP contribution in [-0.2, 0) is 6.54 Å². The number of hydrogen-bond acceptors (Lipinski definition) is 2. The number of unbranched alkanes of at least 4 members (excludes halogenated alkanes) is 4. The Morgan fingerprint density at radius 2 is 1.94 bits per heavy atom. The average Bonchev–Trinajstić information content (AvgIpc) is 2.71. The van der Waals surface area contributed by atoms with E-state index in [0.717, 1.165) is 36.0 Å². The number of aliphatic hydroxyl groups is 1. The van der Waals surface area contributed by atoms with Crippen molar-refractivity contribution in [3.63, 3.8) is 0 Å². The van der Waals surface area contributed by atoms with Crippen LogP contribution in [0.4, 0.5) is 0 Å². The molecule has 0 saturated carbocycles. The number of hydrogen-bond donors (Lipinski definition) is 1. The molecule has 1 heterocycles. The number of halogens is 1. The lowest BCUT2D eigenvalue weighted by Gasteiger charge is -2.13. The predicted octanol–water partition coefficient (Wildman–Crippen LogP) is 4.45. The quantitative estimate of drug-likeness (QED) is 0.683. The van der Waals surface area contributed by atoms with Crippen LogP contribution in [0.2, 0.25) is 0 Å². The Morgan fingerprint density at radius 3 is 2.61 bits per heavy atom. The Bertz CT molecular complexity index is 339. The van der Waals surface area contributed by atoms with Gasteiger partial charge in [0.1, 0.15) is 0 Å². The van der Waals surface area contributed by atoms with Crippen molar-refractivity contribution in [2.45, 2.75) is 71.4 Å². The summed E-state index contributed by atoms with van der Waals surface area (Å²) in [5.41, 5.74) is 0.937. The van der Waals surface area contributed by atoms with Crippen LogP contribution in [0, 0.1) is 0 Å². The topological polar surface area (TPSA) is 38.1 Å². The molecule has 1 atom stereocenters. The summed E-state index contributed by atoms with van der Waals surface area (Å²) in [6.45, 7) is 5.21. The van der Waals surface area contributed by atoms with Gasteiger partial charge in [-0.05, 0) is 28.8 Å². The molecule has 3 nitrogen and oxygen atoms in total. The Kier molecular flexibility index (Phi) is 7.59. The lowest BCUT2D eigenvalue weighted by atomic mass is 10.1. The molecule has 1 aromatic rings. The van der Waals surface area contributed by atoms with E-state index in [9.17, 15) is 5.11 Å². The third-order valence-electron chi connectivity index (χ3n) is 3.17. The fraction of sp³-hybridized carbons (Fsp3) is 0.786. The molecule has 0 aromatic carbocycles. The molecular weight excluding hydrogens is 292 g/mol. The van der Waals surface area contributed by atoms with Crippen molar-refractivity contribution in [3.05, 3.63) is 16.4 Å². The summed E-state index contributed by atoms with van der Waals surface area (Å²) in [6.07, 6.45) is 9.39. The smallest absolute Gasteiger partial charge is 0.0968 e. The molecule has 1 unspecified atom stereocenters. The van der Waals surface area contributed by atoms with Crippen LogP contribution in [0.25, 0.3) is 0 Å². The van der Waals surface area contributed by atoms with Crippen LogP contribution in [-0.4, -0.2) is 14.9 Å². The molecule has 104 valence electrons. The molecule has 0 radical (unpaired) electrons. The van der Waals surface area contributed by atoms with Gasteiger partial charge in [0.15, 0.2) is 0 Å². The minimum atomic E-state index is -0.393. The van der Waals surface area contributed by atoms with Gasteiger partial charge in [-0.15, -0.1) is 0 Å². The minimum absolute atomic E-state index is 0.393. The first-order chi connectivity index (χ1) is 8.70. The zero-order chi connectivity index (χ0) is 13.4. The highest BCUT2D eigenvalue weighted by Gasteiger charge is 2.16. The molecular formula is C14H25BrN2O. The molecule has 0 spiro atoms. The summed E-state index contributed by atoms with van der Waals surface area (Å²) < 4.78 is 2.85. The van der Waals surface area contributed by atoms with Crippen LogP contribution in [0.3, 0.4) is 0 Å². The maximum atomic E-state index is 10.3. The van der Waals surface area contributed by atoms with Crippen LogP contribution in [0.15, 0.2) is 10.7 Å². The highest BCUT2D eigenvalue weighted by atomic mass is 79.9. The molecule has 1 aromatic heterocycles. The van der Waals surface area contributed by atoms with E-state index in [0.29, 0.717) is 0 Å². The second-order valence-corrected chi connectivity index (χ2v) is 5.67. The molecule has 0 fully saturated rings. The number of aromatic nitrogens is 2. The summed E-state index contributed by atoms with van der Waals surface area (Å²) in [5, 5.41) is 14.6. The van der Waals surface area contributed by atoms with E-state index in [4.69, 9.17) is 0 Å². The largest absolute Gasteiger partial charge is 0.387 e. The molecule has 1 rings (SSSR count). The normalized spacial score (nSPS) is 12.9. The number of aryl methyl sites for hydroxylation is 1. The van der Waals surface area contributed by atoms with E-state index in [1.165, 1.54) is 25.7 Å². The zero-order valence-electron chi connectivity index (χ0n) is 11.5. The van der Waals surface area contributed by atoms with E-state index < -0.39 is 6.10 Å². The highest BCUT2D eigenvalue weighted by molar-refractivity contribution is 9.10. The van der Waals surface area contributed by atoms with Gasteiger partial charge in [0, 0.05) is 6.54 Å². The third-order valence-corrected chi connectivity index (χ3v) is 3.78. The van der Waals surface area contributed by atoms with Gasteiger partial charge in [0.2, 0.25) is 0 Å². The minimum Gasteiger partial charge on any atom is -0.387 e. The highest BCUT2D eigenvalue weighted by Crippen LogP contribution is 2.27. The van der Waals surface area contributed by atoms with Gasteiger partial charge in [-0.25, -0.2) is 0 Å². The third kappa shape index (κ3) is 4.73. The van der Waals surface area contributed by atoms with Crippen LogP contribution < -0.4 is 0 Å². The van der Waals surface area contributed by atoms with Crippen molar-refractivity contribution in [2.75, 3.05) is 0 Å². The number of nitrogens with zero attached hydrogens (tertiary/aromatic N) is 2. The molecule has 1 N–H and O–H groups in total. The van der Waals surface area contributed by atoms with Gasteiger partial charge in [0.25, 0.3) is 0 Å². The number of aliphatic hydroxyl groups excluding tert-OH is 1. The fourth-order valence-electron chi connectivity index (χ4n) is 2.17. The van der Waals surface area contributed by atoms with Gasteiger partial charge >= 0.3 is 0 Å². The van der Waals surface area contributed by atoms with Crippen molar-refractivity contribution in [1.29, 1.82) is 0 Å². The van der Waals surface area contributed by atoms with Crippen LogP contribution >= 0.6 is 15.9 Å². The van der Waals surface area contributed by atoms with Gasteiger partial charge in [0.05, 0.1) is 22.5 Å². The molecule has 0 saturated heterocycles. The van der Waals surface area contributed by atoms with E-state index in [2.05, 4.69) is 34.9 Å². The summed E-state index contributed by atoms with van der Waals surface area (Å²) in [5.74, 6) is 0. The van der Waals surface area contributed by atoms with Crippen molar-refractivity contribution >= 4 is 15.9 Å². The van der Waals surface area contributed by atoms with E-state index in [-0.39, 0.29) is 0 Å². The van der Waals surface area contributed by atoms with Gasteiger partial charge in [-0.2, -0.15) is 5.10 Å². The Balaban J connectivity index is 2.44. The molecule has 0 aliphatic rings. The SMILES string of the molecule is CCCCCCCC(O)c1c(Br)cnn1CCC. The second kappa shape index (κ2) is 8.70. The number of rotatable bonds is 9. The van der Waals surface area contributed by atoms with Crippen molar-refractivity contribution in [2.24, 2.45) is 0 Å². The first-order valence-electron chi connectivity index (χ1n) is 7.10. The first-order valence-corrected chi connectivity index (χ1v) is 7.89. The van der Waals surface area contributed by atoms with E-state index in [1.54, 1.807) is 6.20 Å². The van der Waals surface area contributed by atoms with Crippen molar-refractivity contribution in [1.82, 2.24) is 9.78 Å². The summed E-state index contributed by atoms with van der Waals surface area (Å²) >= 11 is 3.48. The van der Waals surface area contributed by atoms with Crippen LogP contribution in [0.1, 0.15) is 70.6 Å².